The van der Waals surface area contributed by atoms with E-state index in [1.807, 2.05) is 62.5 Å². The van der Waals surface area contributed by atoms with Crippen LogP contribution in [-0.2, 0) is 9.59 Å². The van der Waals surface area contributed by atoms with Gasteiger partial charge in [-0.15, -0.1) is 0 Å². The van der Waals surface area contributed by atoms with E-state index in [1.54, 1.807) is 12.1 Å². The van der Waals surface area contributed by atoms with Gasteiger partial charge in [-0.05, 0) is 36.2 Å². The van der Waals surface area contributed by atoms with Crippen LogP contribution in [0.4, 0.5) is 5.69 Å². The number of H-pyrrole nitrogens is 1. The lowest BCUT2D eigenvalue weighted by Gasteiger charge is -2.22. The standard InChI is InChI=1S/C21H23N3O3/c1-14(2)20(24-19(25)13-27-15-7-4-3-5-8-15)21(26)23-18-10-6-9-17-16(18)11-12-22-17/h3-12,14,20,22H,13H2,1-2H3,(H,23,26)(H,24,25). The zero-order valence-electron chi connectivity index (χ0n) is 15.4. The first-order valence-electron chi connectivity index (χ1n) is 8.89. The predicted octanol–water partition coefficient (Wildman–Crippen LogP) is 3.33. The molecule has 0 fully saturated rings. The highest BCUT2D eigenvalue weighted by Crippen LogP contribution is 2.22. The second kappa shape index (κ2) is 8.40. The Hall–Kier alpha value is -3.28. The van der Waals surface area contributed by atoms with Gasteiger partial charge in [0.1, 0.15) is 11.8 Å². The summed E-state index contributed by atoms with van der Waals surface area (Å²) in [6.45, 7) is 3.63. The number of nitrogens with one attached hydrogen (secondary N) is 3. The van der Waals surface area contributed by atoms with Crippen molar-refractivity contribution in [3.05, 3.63) is 60.8 Å². The molecule has 2 aromatic carbocycles. The SMILES string of the molecule is CC(C)C(NC(=O)COc1ccccc1)C(=O)Nc1cccc2[nH]ccc12. The molecule has 1 aromatic heterocycles. The van der Waals surface area contributed by atoms with Gasteiger partial charge in [-0.3, -0.25) is 9.59 Å². The molecule has 0 aliphatic carbocycles. The van der Waals surface area contributed by atoms with E-state index in [2.05, 4.69) is 15.6 Å². The van der Waals surface area contributed by atoms with Gasteiger partial charge in [0, 0.05) is 17.1 Å². The minimum absolute atomic E-state index is 0.0731. The van der Waals surface area contributed by atoms with Gasteiger partial charge in [0.05, 0.1) is 5.69 Å². The summed E-state index contributed by atoms with van der Waals surface area (Å²) >= 11 is 0. The predicted molar refractivity (Wildman–Crippen MR) is 106 cm³/mol. The lowest BCUT2D eigenvalue weighted by Crippen LogP contribution is -2.48. The maximum absolute atomic E-state index is 12.8. The average molecular weight is 365 g/mol. The van der Waals surface area contributed by atoms with Gasteiger partial charge in [-0.2, -0.15) is 0 Å². The third kappa shape index (κ3) is 4.67. The van der Waals surface area contributed by atoms with E-state index in [9.17, 15) is 9.59 Å². The fraction of sp³-hybridized carbons (Fsp3) is 0.238. The van der Waals surface area contributed by atoms with E-state index >= 15 is 0 Å². The Bertz CT molecular complexity index is 919. The van der Waals surface area contributed by atoms with Gasteiger partial charge in [-0.1, -0.05) is 38.1 Å². The van der Waals surface area contributed by atoms with Crippen LogP contribution in [0.3, 0.4) is 0 Å². The first-order valence-corrected chi connectivity index (χ1v) is 8.89. The number of hydrogen-bond donors (Lipinski definition) is 3. The molecule has 3 aromatic rings. The summed E-state index contributed by atoms with van der Waals surface area (Å²) in [7, 11) is 0. The molecule has 0 spiro atoms. The first-order chi connectivity index (χ1) is 13.0. The summed E-state index contributed by atoms with van der Waals surface area (Å²) in [4.78, 5) is 28.1. The summed E-state index contributed by atoms with van der Waals surface area (Å²) < 4.78 is 5.45. The summed E-state index contributed by atoms with van der Waals surface area (Å²) in [5.41, 5.74) is 1.65. The highest BCUT2D eigenvalue weighted by atomic mass is 16.5. The Morgan fingerprint density at radius 2 is 1.81 bits per heavy atom. The van der Waals surface area contributed by atoms with E-state index in [4.69, 9.17) is 4.74 Å². The van der Waals surface area contributed by atoms with Crippen molar-refractivity contribution in [1.82, 2.24) is 10.3 Å². The molecule has 3 rings (SSSR count). The van der Waals surface area contributed by atoms with Crippen molar-refractivity contribution in [2.75, 3.05) is 11.9 Å². The normalized spacial score (nSPS) is 12.0. The van der Waals surface area contributed by atoms with E-state index < -0.39 is 6.04 Å². The molecule has 1 unspecified atom stereocenters. The number of benzene rings is 2. The van der Waals surface area contributed by atoms with Crippen LogP contribution in [0.15, 0.2) is 60.8 Å². The van der Waals surface area contributed by atoms with Crippen molar-refractivity contribution in [2.45, 2.75) is 19.9 Å². The maximum Gasteiger partial charge on any atom is 0.258 e. The molecular formula is C21H23N3O3. The zero-order chi connectivity index (χ0) is 19.2. The minimum atomic E-state index is -0.661. The smallest absolute Gasteiger partial charge is 0.258 e. The Kier molecular flexibility index (Phi) is 5.76. The van der Waals surface area contributed by atoms with E-state index in [-0.39, 0.29) is 24.3 Å². The van der Waals surface area contributed by atoms with Crippen LogP contribution in [0.25, 0.3) is 10.9 Å². The molecule has 0 radical (unpaired) electrons. The highest BCUT2D eigenvalue weighted by Gasteiger charge is 2.25. The van der Waals surface area contributed by atoms with Crippen molar-refractivity contribution in [2.24, 2.45) is 5.92 Å². The number of hydrogen-bond acceptors (Lipinski definition) is 3. The third-order valence-corrected chi connectivity index (χ3v) is 4.23. The van der Waals surface area contributed by atoms with Crippen molar-refractivity contribution in [3.63, 3.8) is 0 Å². The van der Waals surface area contributed by atoms with Crippen molar-refractivity contribution in [3.8, 4) is 5.75 Å². The molecule has 140 valence electrons. The minimum Gasteiger partial charge on any atom is -0.484 e. The van der Waals surface area contributed by atoms with Crippen LogP contribution in [0.2, 0.25) is 0 Å². The van der Waals surface area contributed by atoms with Gasteiger partial charge in [0.2, 0.25) is 5.91 Å². The molecule has 2 amide bonds. The van der Waals surface area contributed by atoms with Gasteiger partial charge in [-0.25, -0.2) is 0 Å². The Balaban J connectivity index is 1.63. The van der Waals surface area contributed by atoms with Crippen LogP contribution >= 0.6 is 0 Å². The molecular weight excluding hydrogens is 342 g/mol. The molecule has 3 N–H and O–H groups in total. The van der Waals surface area contributed by atoms with Gasteiger partial charge >= 0.3 is 0 Å². The topological polar surface area (TPSA) is 83.2 Å². The molecule has 6 nitrogen and oxygen atoms in total. The number of carbonyl (C=O) groups excluding carboxylic acids is 2. The summed E-state index contributed by atoms with van der Waals surface area (Å²) in [6.07, 6.45) is 1.82. The van der Waals surface area contributed by atoms with E-state index in [0.29, 0.717) is 11.4 Å². The van der Waals surface area contributed by atoms with Crippen LogP contribution < -0.4 is 15.4 Å². The molecule has 27 heavy (non-hydrogen) atoms. The van der Waals surface area contributed by atoms with Crippen molar-refractivity contribution >= 4 is 28.4 Å². The number of anilines is 1. The van der Waals surface area contributed by atoms with Gasteiger partial charge in [0.25, 0.3) is 5.91 Å². The maximum atomic E-state index is 12.8. The number of aromatic nitrogens is 1. The highest BCUT2D eigenvalue weighted by molar-refractivity contribution is 6.04. The number of rotatable bonds is 7. The van der Waals surface area contributed by atoms with Crippen LogP contribution in [-0.4, -0.2) is 29.4 Å². The number of amides is 2. The number of aromatic amines is 1. The molecule has 0 aliphatic heterocycles. The zero-order valence-corrected chi connectivity index (χ0v) is 15.4. The fourth-order valence-electron chi connectivity index (χ4n) is 2.82. The Morgan fingerprint density at radius 3 is 2.56 bits per heavy atom. The van der Waals surface area contributed by atoms with E-state index in [0.717, 1.165) is 10.9 Å². The number of ether oxygens (including phenoxy) is 1. The molecule has 0 saturated carbocycles. The van der Waals surface area contributed by atoms with Crippen molar-refractivity contribution < 1.29 is 14.3 Å². The lowest BCUT2D eigenvalue weighted by atomic mass is 10.0. The molecule has 0 saturated heterocycles. The molecule has 6 heteroatoms. The molecule has 1 atom stereocenters. The van der Waals surface area contributed by atoms with E-state index in [1.165, 1.54) is 0 Å². The monoisotopic (exact) mass is 365 g/mol. The molecule has 0 aliphatic rings. The Morgan fingerprint density at radius 1 is 1.04 bits per heavy atom. The van der Waals surface area contributed by atoms with Gasteiger partial charge < -0.3 is 20.4 Å². The third-order valence-electron chi connectivity index (χ3n) is 4.23. The fourth-order valence-corrected chi connectivity index (χ4v) is 2.82. The Labute approximate surface area is 157 Å². The number of fused-ring (bicyclic) bond motifs is 1. The van der Waals surface area contributed by atoms with Crippen LogP contribution in [0, 0.1) is 5.92 Å². The summed E-state index contributed by atoms with van der Waals surface area (Å²) in [5, 5.41) is 6.61. The van der Waals surface area contributed by atoms with Crippen LogP contribution in [0.5, 0.6) is 5.75 Å². The van der Waals surface area contributed by atoms with Crippen LogP contribution in [0.1, 0.15) is 13.8 Å². The summed E-state index contributed by atoms with van der Waals surface area (Å²) in [6, 6.07) is 16.0. The lowest BCUT2D eigenvalue weighted by molar-refractivity contribution is -0.128. The quantitative estimate of drug-likeness (QED) is 0.601. The number of carbonyl (C=O) groups is 2. The van der Waals surface area contributed by atoms with Crippen molar-refractivity contribution in [1.29, 1.82) is 0 Å². The number of para-hydroxylation sites is 1. The van der Waals surface area contributed by atoms with Gasteiger partial charge in [0.15, 0.2) is 6.61 Å². The molecule has 0 bridgehead atoms. The molecule has 1 heterocycles. The second-order valence-corrected chi connectivity index (χ2v) is 6.62. The average Bonchev–Trinajstić information content (AvgIpc) is 3.15. The first kappa shape index (κ1) is 18.5. The second-order valence-electron chi connectivity index (χ2n) is 6.62. The largest absolute Gasteiger partial charge is 0.484 e. The summed E-state index contributed by atoms with van der Waals surface area (Å²) in [5.74, 6) is -0.0623.